The molecule has 0 radical (unpaired) electrons. The molecule has 1 amide bonds. The second-order valence-electron chi connectivity index (χ2n) is 9.90. The number of nitrogens with zero attached hydrogens (tertiary/aromatic N) is 5. The van der Waals surface area contributed by atoms with E-state index in [4.69, 9.17) is 0 Å². The van der Waals surface area contributed by atoms with Crippen molar-refractivity contribution in [3.63, 3.8) is 0 Å². The van der Waals surface area contributed by atoms with Gasteiger partial charge < -0.3 is 9.88 Å². The van der Waals surface area contributed by atoms with Crippen LogP contribution in [-0.4, -0.2) is 78.2 Å². The van der Waals surface area contributed by atoms with Crippen molar-refractivity contribution in [3.8, 4) is 6.07 Å². The summed E-state index contributed by atoms with van der Waals surface area (Å²) < 4.78 is 31.5. The van der Waals surface area contributed by atoms with E-state index in [1.165, 1.54) is 12.8 Å². The quantitative estimate of drug-likeness (QED) is 0.661. The molecule has 1 N–H and O–H groups in total. The van der Waals surface area contributed by atoms with Crippen LogP contribution >= 0.6 is 0 Å². The smallest absolute Gasteiger partial charge is 0.282 e. The first-order valence-corrected chi connectivity index (χ1v) is 14.1. The average Bonchev–Trinajstić information content (AvgIpc) is 3.29. The topological polar surface area (TPSA) is 102 Å². The van der Waals surface area contributed by atoms with Gasteiger partial charge in [-0.1, -0.05) is 25.7 Å². The molecule has 3 aliphatic rings. The van der Waals surface area contributed by atoms with E-state index in [0.717, 1.165) is 49.8 Å². The largest absolute Gasteiger partial charge is 0.327 e. The predicted octanol–water partition coefficient (Wildman–Crippen LogP) is 2.77. The van der Waals surface area contributed by atoms with Crippen molar-refractivity contribution < 1.29 is 13.2 Å². The number of aromatic nitrogens is 1. The highest BCUT2D eigenvalue weighted by Gasteiger charge is 2.33. The summed E-state index contributed by atoms with van der Waals surface area (Å²) in [7, 11) is -3.43. The maximum atomic E-state index is 13.1. The van der Waals surface area contributed by atoms with Crippen LogP contribution in [0, 0.1) is 25.2 Å². The van der Waals surface area contributed by atoms with E-state index in [-0.39, 0.29) is 12.5 Å². The number of carbonyl (C=O) groups is 1. The van der Waals surface area contributed by atoms with Crippen molar-refractivity contribution in [2.45, 2.75) is 71.3 Å². The minimum atomic E-state index is -3.43. The monoisotopic (exact) mass is 490 g/mol. The standard InChI is InChI=1S/C24H38N6O3S/c1-19-20(2)30(21-9-5-6-10-21)24(22(19)17-25)26-23(31)18-27-13-15-29(16-14-27)34(32,33)28-11-7-3-4-8-12-28/h21H,3-16,18H2,1-2H3,(H,26,31). The number of anilines is 1. The second-order valence-corrected chi connectivity index (χ2v) is 11.8. The van der Waals surface area contributed by atoms with Crippen LogP contribution in [0.4, 0.5) is 5.82 Å². The van der Waals surface area contributed by atoms with Gasteiger partial charge in [0.15, 0.2) is 0 Å². The van der Waals surface area contributed by atoms with Gasteiger partial charge in [-0.05, 0) is 45.1 Å². The highest BCUT2D eigenvalue weighted by Crippen LogP contribution is 2.37. The summed E-state index contributed by atoms with van der Waals surface area (Å²) >= 11 is 0. The maximum absolute atomic E-state index is 13.1. The summed E-state index contributed by atoms with van der Waals surface area (Å²) in [6.07, 6.45) is 8.49. The number of nitriles is 1. The molecule has 9 nitrogen and oxygen atoms in total. The fourth-order valence-electron chi connectivity index (χ4n) is 5.63. The second kappa shape index (κ2) is 10.8. The van der Waals surface area contributed by atoms with E-state index in [2.05, 4.69) is 16.0 Å². The van der Waals surface area contributed by atoms with E-state index < -0.39 is 10.2 Å². The predicted molar refractivity (Wildman–Crippen MR) is 132 cm³/mol. The van der Waals surface area contributed by atoms with Gasteiger partial charge in [-0.3, -0.25) is 9.69 Å². The van der Waals surface area contributed by atoms with Gasteiger partial charge in [-0.15, -0.1) is 0 Å². The van der Waals surface area contributed by atoms with E-state index in [9.17, 15) is 18.5 Å². The molecule has 4 rings (SSSR count). The van der Waals surface area contributed by atoms with Gasteiger partial charge in [-0.2, -0.15) is 22.3 Å². The van der Waals surface area contributed by atoms with Crippen molar-refractivity contribution in [2.24, 2.45) is 0 Å². The van der Waals surface area contributed by atoms with Gasteiger partial charge in [0.1, 0.15) is 11.9 Å². The van der Waals surface area contributed by atoms with Crippen LogP contribution in [0.2, 0.25) is 0 Å². The SMILES string of the molecule is Cc1c(C#N)c(NC(=O)CN2CCN(S(=O)(=O)N3CCCCCC3)CC2)n(C2CCCC2)c1C. The summed E-state index contributed by atoms with van der Waals surface area (Å²) in [6.45, 7) is 7.19. The molecule has 0 spiro atoms. The lowest BCUT2D eigenvalue weighted by molar-refractivity contribution is -0.117. The van der Waals surface area contributed by atoms with Gasteiger partial charge in [-0.25, -0.2) is 0 Å². The first-order valence-electron chi connectivity index (χ1n) is 12.7. The Kier molecular flexibility index (Phi) is 7.97. The molecular formula is C24H38N6O3S. The van der Waals surface area contributed by atoms with Crippen LogP contribution in [-0.2, 0) is 15.0 Å². The van der Waals surface area contributed by atoms with Crippen LogP contribution in [0.15, 0.2) is 0 Å². The Hall–Kier alpha value is -1.93. The first-order chi connectivity index (χ1) is 16.3. The summed E-state index contributed by atoms with van der Waals surface area (Å²) in [6, 6.07) is 2.61. The molecule has 0 atom stereocenters. The van der Waals surface area contributed by atoms with Crippen molar-refractivity contribution in [3.05, 3.63) is 16.8 Å². The lowest BCUT2D eigenvalue weighted by Crippen LogP contribution is -2.54. The molecule has 10 heteroatoms. The molecular weight excluding hydrogens is 452 g/mol. The van der Waals surface area contributed by atoms with E-state index in [0.29, 0.717) is 56.7 Å². The molecule has 34 heavy (non-hydrogen) atoms. The molecule has 0 aromatic carbocycles. The van der Waals surface area contributed by atoms with Crippen LogP contribution in [0.1, 0.15) is 74.2 Å². The summed E-state index contributed by atoms with van der Waals surface area (Å²) in [5.41, 5.74) is 2.52. The molecule has 1 aliphatic carbocycles. The van der Waals surface area contributed by atoms with E-state index >= 15 is 0 Å². The van der Waals surface area contributed by atoms with Crippen molar-refractivity contribution in [1.82, 2.24) is 18.1 Å². The molecule has 1 aromatic rings. The molecule has 2 saturated heterocycles. The van der Waals surface area contributed by atoms with Crippen LogP contribution in [0.3, 0.4) is 0 Å². The summed E-state index contributed by atoms with van der Waals surface area (Å²) in [5.74, 6) is 0.467. The number of hydrogen-bond donors (Lipinski definition) is 1. The highest BCUT2D eigenvalue weighted by atomic mass is 32.2. The Morgan fingerprint density at radius 2 is 1.53 bits per heavy atom. The summed E-state index contributed by atoms with van der Waals surface area (Å²) in [5, 5.41) is 12.8. The van der Waals surface area contributed by atoms with Crippen LogP contribution in [0.25, 0.3) is 0 Å². The number of nitrogens with one attached hydrogen (secondary N) is 1. The number of hydrogen-bond acceptors (Lipinski definition) is 5. The summed E-state index contributed by atoms with van der Waals surface area (Å²) in [4.78, 5) is 15.0. The van der Waals surface area contributed by atoms with Gasteiger partial charge in [0.2, 0.25) is 5.91 Å². The average molecular weight is 491 g/mol. The lowest BCUT2D eigenvalue weighted by Gasteiger charge is -2.36. The third-order valence-corrected chi connectivity index (χ3v) is 9.77. The molecule has 2 aliphatic heterocycles. The van der Waals surface area contributed by atoms with Crippen molar-refractivity contribution in [2.75, 3.05) is 51.1 Å². The minimum absolute atomic E-state index is 0.155. The molecule has 3 fully saturated rings. The zero-order chi connectivity index (χ0) is 24.3. The zero-order valence-electron chi connectivity index (χ0n) is 20.6. The molecule has 3 heterocycles. The number of rotatable bonds is 6. The van der Waals surface area contributed by atoms with Gasteiger partial charge in [0.05, 0.1) is 12.1 Å². The van der Waals surface area contributed by atoms with Crippen molar-refractivity contribution in [1.29, 1.82) is 5.26 Å². The Morgan fingerprint density at radius 1 is 0.941 bits per heavy atom. The maximum Gasteiger partial charge on any atom is 0.282 e. The Morgan fingerprint density at radius 3 is 2.12 bits per heavy atom. The fraction of sp³-hybridized carbons (Fsp3) is 0.750. The van der Waals surface area contributed by atoms with E-state index in [1.54, 1.807) is 8.61 Å². The van der Waals surface area contributed by atoms with Gasteiger partial charge in [0.25, 0.3) is 10.2 Å². The third-order valence-electron chi connectivity index (χ3n) is 7.73. The van der Waals surface area contributed by atoms with E-state index in [1.807, 2.05) is 18.7 Å². The first kappa shape index (κ1) is 25.2. The zero-order valence-corrected chi connectivity index (χ0v) is 21.4. The van der Waals surface area contributed by atoms with Crippen LogP contribution in [0.5, 0.6) is 0 Å². The highest BCUT2D eigenvalue weighted by molar-refractivity contribution is 7.86. The molecule has 0 bridgehead atoms. The molecule has 1 saturated carbocycles. The number of carbonyl (C=O) groups excluding carboxylic acids is 1. The Labute approximate surface area is 203 Å². The van der Waals surface area contributed by atoms with Gasteiger partial charge >= 0.3 is 0 Å². The number of piperazine rings is 1. The normalized spacial score (nSPS) is 21.9. The number of amides is 1. The molecule has 0 unspecified atom stereocenters. The molecule has 1 aromatic heterocycles. The lowest BCUT2D eigenvalue weighted by atomic mass is 10.2. The minimum Gasteiger partial charge on any atom is -0.327 e. The Bertz CT molecular complexity index is 1020. The fourth-order valence-corrected chi connectivity index (χ4v) is 7.31. The Balaban J connectivity index is 1.37. The third kappa shape index (κ3) is 5.18. The van der Waals surface area contributed by atoms with Crippen molar-refractivity contribution >= 4 is 21.9 Å². The van der Waals surface area contributed by atoms with Crippen LogP contribution < -0.4 is 5.32 Å². The van der Waals surface area contributed by atoms with Gasteiger partial charge in [0, 0.05) is 51.0 Å². The molecule has 188 valence electrons.